The summed E-state index contributed by atoms with van der Waals surface area (Å²) >= 11 is 0. The fourth-order valence-electron chi connectivity index (χ4n) is 1.61. The molecule has 6 heteroatoms. The lowest BCUT2D eigenvalue weighted by Gasteiger charge is -2.08. The number of nitrogens with two attached hydrogens (primary N) is 1. The average molecular weight is 232 g/mol. The first kappa shape index (κ1) is 10.9. The lowest BCUT2D eigenvalue weighted by Crippen LogP contribution is -2.14. The third kappa shape index (κ3) is 1.65. The summed E-state index contributed by atoms with van der Waals surface area (Å²) in [4.78, 5) is 25.7. The fraction of sp³-hybridized carbons (Fsp3) is 0. The van der Waals surface area contributed by atoms with E-state index in [1.54, 1.807) is 24.3 Å². The summed E-state index contributed by atoms with van der Waals surface area (Å²) in [7, 11) is 0. The van der Waals surface area contributed by atoms with E-state index in [4.69, 9.17) is 15.9 Å². The van der Waals surface area contributed by atoms with Crippen LogP contribution in [0.25, 0.3) is 10.9 Å². The molecule has 0 aliphatic carbocycles. The number of para-hydroxylation sites is 1. The van der Waals surface area contributed by atoms with Crippen molar-refractivity contribution in [1.29, 1.82) is 0 Å². The van der Waals surface area contributed by atoms with E-state index in [1.165, 1.54) is 0 Å². The number of rotatable bonds is 2. The first-order chi connectivity index (χ1) is 8.02. The van der Waals surface area contributed by atoms with E-state index in [2.05, 4.69) is 4.98 Å². The van der Waals surface area contributed by atoms with Crippen LogP contribution in [0, 0.1) is 0 Å². The maximum atomic E-state index is 11.0. The van der Waals surface area contributed by atoms with Crippen molar-refractivity contribution in [2.24, 2.45) is 0 Å². The molecule has 0 radical (unpaired) electrons. The highest BCUT2D eigenvalue weighted by atomic mass is 16.4. The Morgan fingerprint density at radius 3 is 2.35 bits per heavy atom. The Labute approximate surface area is 95.3 Å². The molecule has 0 saturated heterocycles. The number of carbonyl (C=O) groups is 2. The molecule has 0 amide bonds. The highest BCUT2D eigenvalue weighted by Gasteiger charge is 2.22. The molecule has 0 bridgehead atoms. The van der Waals surface area contributed by atoms with Gasteiger partial charge in [-0.25, -0.2) is 14.6 Å². The van der Waals surface area contributed by atoms with Crippen molar-refractivity contribution in [3.63, 3.8) is 0 Å². The van der Waals surface area contributed by atoms with Crippen LogP contribution in [0.2, 0.25) is 0 Å². The number of benzene rings is 1. The number of carboxylic acid groups (broad SMARTS) is 2. The molecule has 0 aliphatic heterocycles. The molecule has 2 rings (SSSR count). The number of nitrogen functional groups attached to an aromatic ring is 1. The van der Waals surface area contributed by atoms with Gasteiger partial charge in [0.05, 0.1) is 11.2 Å². The van der Waals surface area contributed by atoms with E-state index < -0.39 is 23.2 Å². The van der Waals surface area contributed by atoms with Crippen LogP contribution >= 0.6 is 0 Å². The molecule has 0 unspecified atom stereocenters. The van der Waals surface area contributed by atoms with Gasteiger partial charge in [-0.3, -0.25) is 0 Å². The molecule has 0 atom stereocenters. The van der Waals surface area contributed by atoms with Crippen molar-refractivity contribution in [2.45, 2.75) is 0 Å². The van der Waals surface area contributed by atoms with Crippen molar-refractivity contribution in [3.8, 4) is 0 Å². The van der Waals surface area contributed by atoms with Crippen molar-refractivity contribution in [2.75, 3.05) is 5.73 Å². The monoisotopic (exact) mass is 232 g/mol. The highest BCUT2D eigenvalue weighted by Crippen LogP contribution is 2.25. The zero-order chi connectivity index (χ0) is 12.6. The molecule has 1 heterocycles. The van der Waals surface area contributed by atoms with Crippen LogP contribution in [0.5, 0.6) is 0 Å². The van der Waals surface area contributed by atoms with Crippen LogP contribution in [0.4, 0.5) is 5.69 Å². The van der Waals surface area contributed by atoms with Gasteiger partial charge in [-0.2, -0.15) is 0 Å². The first-order valence-electron chi connectivity index (χ1n) is 4.67. The van der Waals surface area contributed by atoms with Crippen molar-refractivity contribution in [1.82, 2.24) is 4.98 Å². The molecular weight excluding hydrogens is 224 g/mol. The minimum Gasteiger partial charge on any atom is -0.478 e. The first-order valence-corrected chi connectivity index (χ1v) is 4.67. The minimum absolute atomic E-state index is 0.0829. The van der Waals surface area contributed by atoms with Crippen LogP contribution in [-0.4, -0.2) is 27.1 Å². The Morgan fingerprint density at radius 2 is 1.76 bits per heavy atom. The SMILES string of the molecule is Nc1c(C(=O)O)c(C(=O)O)nc2ccccc12. The Hall–Kier alpha value is -2.63. The number of nitrogens with zero attached hydrogens (tertiary/aromatic N) is 1. The second-order valence-corrected chi connectivity index (χ2v) is 3.38. The van der Waals surface area contributed by atoms with Gasteiger partial charge in [-0.1, -0.05) is 18.2 Å². The van der Waals surface area contributed by atoms with Crippen molar-refractivity contribution >= 4 is 28.5 Å². The summed E-state index contributed by atoms with van der Waals surface area (Å²) < 4.78 is 0. The summed E-state index contributed by atoms with van der Waals surface area (Å²) in [5, 5.41) is 18.3. The maximum Gasteiger partial charge on any atom is 0.355 e. The molecule has 0 aliphatic rings. The topological polar surface area (TPSA) is 114 Å². The fourth-order valence-corrected chi connectivity index (χ4v) is 1.61. The maximum absolute atomic E-state index is 11.0. The number of fused-ring (bicyclic) bond motifs is 1. The summed E-state index contributed by atoms with van der Waals surface area (Å²) in [6.07, 6.45) is 0. The van der Waals surface area contributed by atoms with Gasteiger partial charge in [0.15, 0.2) is 5.69 Å². The van der Waals surface area contributed by atoms with E-state index in [9.17, 15) is 9.59 Å². The van der Waals surface area contributed by atoms with Gasteiger partial charge in [0.25, 0.3) is 0 Å². The van der Waals surface area contributed by atoms with Gasteiger partial charge in [0.1, 0.15) is 5.56 Å². The average Bonchev–Trinajstić information content (AvgIpc) is 2.28. The molecule has 1 aromatic heterocycles. The second kappa shape index (κ2) is 3.75. The molecule has 0 spiro atoms. The van der Waals surface area contributed by atoms with Gasteiger partial charge >= 0.3 is 11.9 Å². The van der Waals surface area contributed by atoms with Gasteiger partial charge in [0.2, 0.25) is 0 Å². The Morgan fingerprint density at radius 1 is 1.12 bits per heavy atom. The van der Waals surface area contributed by atoms with Gasteiger partial charge in [-0.15, -0.1) is 0 Å². The Bertz CT molecular complexity index is 637. The minimum atomic E-state index is -1.42. The molecule has 2 aromatic rings. The third-order valence-corrected chi connectivity index (χ3v) is 2.35. The number of pyridine rings is 1. The summed E-state index contributed by atoms with van der Waals surface area (Å²) in [5.74, 6) is -2.82. The molecule has 4 N–H and O–H groups in total. The highest BCUT2D eigenvalue weighted by molar-refractivity contribution is 6.10. The number of aromatic nitrogens is 1. The quantitative estimate of drug-likeness (QED) is 0.717. The van der Waals surface area contributed by atoms with Crippen LogP contribution in [0.1, 0.15) is 20.8 Å². The Kier molecular flexibility index (Phi) is 2.40. The molecule has 0 saturated carbocycles. The number of anilines is 1. The molecule has 6 nitrogen and oxygen atoms in total. The summed E-state index contributed by atoms with van der Waals surface area (Å²) in [5.41, 5.74) is 4.92. The molecule has 0 fully saturated rings. The number of hydrogen-bond acceptors (Lipinski definition) is 4. The Balaban J connectivity index is 2.94. The van der Waals surface area contributed by atoms with E-state index in [1.807, 2.05) is 0 Å². The van der Waals surface area contributed by atoms with E-state index >= 15 is 0 Å². The molecule has 17 heavy (non-hydrogen) atoms. The van der Waals surface area contributed by atoms with E-state index in [-0.39, 0.29) is 5.69 Å². The van der Waals surface area contributed by atoms with Crippen LogP contribution in [0.15, 0.2) is 24.3 Å². The predicted molar refractivity (Wildman–Crippen MR) is 60.1 cm³/mol. The smallest absolute Gasteiger partial charge is 0.355 e. The normalized spacial score (nSPS) is 10.4. The van der Waals surface area contributed by atoms with E-state index in [0.717, 1.165) is 0 Å². The largest absolute Gasteiger partial charge is 0.478 e. The lowest BCUT2D eigenvalue weighted by atomic mass is 10.1. The van der Waals surface area contributed by atoms with Crippen LogP contribution < -0.4 is 5.73 Å². The zero-order valence-electron chi connectivity index (χ0n) is 8.54. The van der Waals surface area contributed by atoms with E-state index in [0.29, 0.717) is 10.9 Å². The lowest BCUT2D eigenvalue weighted by molar-refractivity contribution is 0.0647. The second-order valence-electron chi connectivity index (χ2n) is 3.38. The molecular formula is C11H8N2O4. The van der Waals surface area contributed by atoms with Crippen molar-refractivity contribution in [3.05, 3.63) is 35.5 Å². The van der Waals surface area contributed by atoms with Crippen LogP contribution in [-0.2, 0) is 0 Å². The summed E-state index contributed by atoms with van der Waals surface area (Å²) in [6.45, 7) is 0. The predicted octanol–water partition coefficient (Wildman–Crippen LogP) is 1.21. The standard InChI is InChI=1S/C11H8N2O4/c12-8-5-3-1-2-4-6(5)13-9(11(16)17)7(8)10(14)15/h1-4H,(H2,12,13)(H,14,15)(H,16,17). The van der Waals surface area contributed by atoms with Crippen molar-refractivity contribution < 1.29 is 19.8 Å². The number of carboxylic acids is 2. The number of aromatic carboxylic acids is 2. The summed E-state index contributed by atoms with van der Waals surface area (Å²) in [6, 6.07) is 6.51. The molecule has 1 aromatic carbocycles. The zero-order valence-corrected chi connectivity index (χ0v) is 8.54. The van der Waals surface area contributed by atoms with Gasteiger partial charge in [-0.05, 0) is 6.07 Å². The number of hydrogen-bond donors (Lipinski definition) is 3. The van der Waals surface area contributed by atoms with Gasteiger partial charge in [0, 0.05) is 5.39 Å². The molecule has 86 valence electrons. The van der Waals surface area contributed by atoms with Gasteiger partial charge < -0.3 is 15.9 Å². The third-order valence-electron chi connectivity index (χ3n) is 2.35. The van der Waals surface area contributed by atoms with Crippen LogP contribution in [0.3, 0.4) is 0 Å².